The van der Waals surface area contributed by atoms with Crippen LogP contribution in [0.4, 0.5) is 0 Å². The molecule has 114 valence electrons. The van der Waals surface area contributed by atoms with E-state index >= 15 is 0 Å². The van der Waals surface area contributed by atoms with Crippen molar-refractivity contribution in [1.82, 2.24) is 9.80 Å². The predicted molar refractivity (Wildman–Crippen MR) is 83.8 cm³/mol. The normalized spacial score (nSPS) is 23.9. The molecule has 0 radical (unpaired) electrons. The Labute approximate surface area is 126 Å². The third-order valence-electron chi connectivity index (χ3n) is 4.84. The summed E-state index contributed by atoms with van der Waals surface area (Å²) in [5.41, 5.74) is 7.30. The SMILES string of the molecule is NC(CCC(=O)N1CCN2CCCC2C1)c1ccccc1. The van der Waals surface area contributed by atoms with Crippen LogP contribution >= 0.6 is 0 Å². The van der Waals surface area contributed by atoms with Crippen molar-refractivity contribution in [2.24, 2.45) is 5.73 Å². The number of rotatable bonds is 4. The molecule has 1 aromatic rings. The van der Waals surface area contributed by atoms with E-state index in [0.717, 1.165) is 31.6 Å². The Morgan fingerprint density at radius 3 is 2.86 bits per heavy atom. The Kier molecular flexibility index (Phi) is 4.56. The van der Waals surface area contributed by atoms with E-state index in [0.29, 0.717) is 12.5 Å². The third-order valence-corrected chi connectivity index (χ3v) is 4.84. The lowest BCUT2D eigenvalue weighted by Crippen LogP contribution is -2.52. The monoisotopic (exact) mass is 287 g/mol. The van der Waals surface area contributed by atoms with Crippen LogP contribution in [0, 0.1) is 0 Å². The number of nitrogens with zero attached hydrogens (tertiary/aromatic N) is 2. The molecule has 0 saturated carbocycles. The molecular formula is C17H25N3O. The van der Waals surface area contributed by atoms with E-state index in [4.69, 9.17) is 5.73 Å². The minimum absolute atomic E-state index is 0.0390. The number of nitrogens with two attached hydrogens (primary N) is 1. The van der Waals surface area contributed by atoms with Gasteiger partial charge in [0, 0.05) is 38.1 Å². The molecule has 2 fully saturated rings. The van der Waals surface area contributed by atoms with Crippen molar-refractivity contribution >= 4 is 5.91 Å². The van der Waals surface area contributed by atoms with Gasteiger partial charge in [0.2, 0.25) is 5.91 Å². The smallest absolute Gasteiger partial charge is 0.222 e. The molecule has 2 saturated heterocycles. The van der Waals surface area contributed by atoms with E-state index in [1.54, 1.807) is 0 Å². The molecule has 2 aliphatic heterocycles. The highest BCUT2D eigenvalue weighted by atomic mass is 16.2. The Hall–Kier alpha value is -1.39. The number of piperazine rings is 1. The van der Waals surface area contributed by atoms with E-state index in [-0.39, 0.29) is 11.9 Å². The van der Waals surface area contributed by atoms with Crippen molar-refractivity contribution in [3.8, 4) is 0 Å². The summed E-state index contributed by atoms with van der Waals surface area (Å²) in [6, 6.07) is 10.6. The molecule has 3 rings (SSSR count). The van der Waals surface area contributed by atoms with Crippen LogP contribution in [0.5, 0.6) is 0 Å². The molecule has 2 aliphatic rings. The van der Waals surface area contributed by atoms with Gasteiger partial charge in [0.25, 0.3) is 0 Å². The maximum atomic E-state index is 12.4. The first-order chi connectivity index (χ1) is 10.2. The van der Waals surface area contributed by atoms with Gasteiger partial charge in [-0.2, -0.15) is 0 Å². The van der Waals surface area contributed by atoms with Crippen LogP contribution in [-0.4, -0.2) is 47.9 Å². The van der Waals surface area contributed by atoms with E-state index < -0.39 is 0 Å². The molecule has 0 bridgehead atoms. The van der Waals surface area contributed by atoms with E-state index in [9.17, 15) is 4.79 Å². The molecule has 4 nitrogen and oxygen atoms in total. The van der Waals surface area contributed by atoms with Gasteiger partial charge in [-0.1, -0.05) is 30.3 Å². The van der Waals surface area contributed by atoms with E-state index in [2.05, 4.69) is 4.90 Å². The molecule has 0 aromatic heterocycles. The summed E-state index contributed by atoms with van der Waals surface area (Å²) in [5.74, 6) is 0.271. The van der Waals surface area contributed by atoms with Crippen molar-refractivity contribution in [2.45, 2.75) is 37.8 Å². The summed E-state index contributed by atoms with van der Waals surface area (Å²) in [5, 5.41) is 0. The Morgan fingerprint density at radius 1 is 1.24 bits per heavy atom. The number of carbonyl (C=O) groups is 1. The van der Waals surface area contributed by atoms with Crippen molar-refractivity contribution in [3.63, 3.8) is 0 Å². The lowest BCUT2D eigenvalue weighted by molar-refractivity contribution is -0.134. The van der Waals surface area contributed by atoms with Gasteiger partial charge in [0.1, 0.15) is 0 Å². The fourth-order valence-electron chi connectivity index (χ4n) is 3.52. The fourth-order valence-corrected chi connectivity index (χ4v) is 3.52. The van der Waals surface area contributed by atoms with Gasteiger partial charge >= 0.3 is 0 Å². The fraction of sp³-hybridized carbons (Fsp3) is 0.588. The lowest BCUT2D eigenvalue weighted by Gasteiger charge is -2.37. The summed E-state index contributed by atoms with van der Waals surface area (Å²) >= 11 is 0. The largest absolute Gasteiger partial charge is 0.340 e. The summed E-state index contributed by atoms with van der Waals surface area (Å²) in [6.45, 7) is 4.06. The van der Waals surface area contributed by atoms with Crippen molar-refractivity contribution in [3.05, 3.63) is 35.9 Å². The number of hydrogen-bond acceptors (Lipinski definition) is 3. The summed E-state index contributed by atoms with van der Waals surface area (Å²) in [4.78, 5) is 16.9. The van der Waals surface area contributed by atoms with Crippen LogP contribution in [0.15, 0.2) is 30.3 Å². The summed E-state index contributed by atoms with van der Waals surface area (Å²) in [7, 11) is 0. The molecule has 1 amide bonds. The van der Waals surface area contributed by atoms with Crippen molar-refractivity contribution in [2.75, 3.05) is 26.2 Å². The number of hydrogen-bond donors (Lipinski definition) is 1. The zero-order valence-corrected chi connectivity index (χ0v) is 12.6. The summed E-state index contributed by atoms with van der Waals surface area (Å²) in [6.07, 6.45) is 3.81. The molecule has 1 aromatic carbocycles. The topological polar surface area (TPSA) is 49.6 Å². The molecule has 0 aliphatic carbocycles. The van der Waals surface area contributed by atoms with Gasteiger partial charge in [-0.25, -0.2) is 0 Å². The average molecular weight is 287 g/mol. The third kappa shape index (κ3) is 3.44. The molecule has 2 heterocycles. The average Bonchev–Trinajstić information content (AvgIpc) is 3.00. The minimum Gasteiger partial charge on any atom is -0.340 e. The number of amides is 1. The van der Waals surface area contributed by atoms with Crippen molar-refractivity contribution in [1.29, 1.82) is 0 Å². The zero-order chi connectivity index (χ0) is 14.7. The van der Waals surface area contributed by atoms with Crippen LogP contribution in [0.3, 0.4) is 0 Å². The number of carbonyl (C=O) groups excluding carboxylic acids is 1. The molecule has 2 N–H and O–H groups in total. The van der Waals surface area contributed by atoms with Gasteiger partial charge in [-0.15, -0.1) is 0 Å². The highest BCUT2D eigenvalue weighted by Gasteiger charge is 2.32. The maximum Gasteiger partial charge on any atom is 0.222 e. The Bertz CT molecular complexity index is 476. The summed E-state index contributed by atoms with van der Waals surface area (Å²) < 4.78 is 0. The van der Waals surface area contributed by atoms with Crippen LogP contribution in [0.1, 0.15) is 37.3 Å². The van der Waals surface area contributed by atoms with Gasteiger partial charge < -0.3 is 10.6 Å². The Balaban J connectivity index is 1.48. The zero-order valence-electron chi connectivity index (χ0n) is 12.6. The van der Waals surface area contributed by atoms with Crippen LogP contribution in [0.2, 0.25) is 0 Å². The predicted octanol–water partition coefficient (Wildman–Crippen LogP) is 1.77. The second-order valence-corrected chi connectivity index (χ2v) is 6.23. The van der Waals surface area contributed by atoms with E-state index in [1.807, 2.05) is 35.2 Å². The standard InChI is InChI=1S/C17H25N3O/c18-16(14-5-2-1-3-6-14)8-9-17(21)20-12-11-19-10-4-7-15(19)13-20/h1-3,5-6,15-16H,4,7-13,18H2. The first-order valence-corrected chi connectivity index (χ1v) is 8.06. The van der Waals surface area contributed by atoms with Gasteiger partial charge in [0.05, 0.1) is 0 Å². The van der Waals surface area contributed by atoms with Crippen molar-refractivity contribution < 1.29 is 4.79 Å². The molecule has 2 atom stereocenters. The second kappa shape index (κ2) is 6.58. The van der Waals surface area contributed by atoms with E-state index in [1.165, 1.54) is 19.4 Å². The highest BCUT2D eigenvalue weighted by molar-refractivity contribution is 5.76. The van der Waals surface area contributed by atoms with Crippen LogP contribution < -0.4 is 5.73 Å². The minimum atomic E-state index is -0.0390. The van der Waals surface area contributed by atoms with Gasteiger partial charge in [0.15, 0.2) is 0 Å². The van der Waals surface area contributed by atoms with Gasteiger partial charge in [-0.3, -0.25) is 9.69 Å². The van der Waals surface area contributed by atoms with Gasteiger partial charge in [-0.05, 0) is 31.4 Å². The molecule has 4 heteroatoms. The molecular weight excluding hydrogens is 262 g/mol. The molecule has 21 heavy (non-hydrogen) atoms. The number of benzene rings is 1. The maximum absolute atomic E-state index is 12.4. The first-order valence-electron chi connectivity index (χ1n) is 8.06. The quantitative estimate of drug-likeness (QED) is 0.918. The lowest BCUT2D eigenvalue weighted by atomic mass is 10.0. The van der Waals surface area contributed by atoms with Crippen LogP contribution in [-0.2, 0) is 4.79 Å². The van der Waals surface area contributed by atoms with Crippen LogP contribution in [0.25, 0.3) is 0 Å². The second-order valence-electron chi connectivity index (χ2n) is 6.23. The molecule has 0 spiro atoms. The first kappa shape index (κ1) is 14.5. The highest BCUT2D eigenvalue weighted by Crippen LogP contribution is 2.22. The molecule has 2 unspecified atom stereocenters. The Morgan fingerprint density at radius 2 is 2.05 bits per heavy atom. The number of fused-ring (bicyclic) bond motifs is 1.